The summed E-state index contributed by atoms with van der Waals surface area (Å²) in [5, 5.41) is 3.11. The van der Waals surface area contributed by atoms with E-state index in [2.05, 4.69) is 15.3 Å². The first-order valence-electron chi connectivity index (χ1n) is 7.66. The summed E-state index contributed by atoms with van der Waals surface area (Å²) in [5.74, 6) is -0.588. The lowest BCUT2D eigenvalue weighted by atomic mass is 10.2. The number of hydrogen-bond acceptors (Lipinski definition) is 6. The predicted molar refractivity (Wildman–Crippen MR) is 97.1 cm³/mol. The van der Waals surface area contributed by atoms with Gasteiger partial charge in [0.15, 0.2) is 26.5 Å². The fourth-order valence-corrected chi connectivity index (χ4v) is 3.70. The van der Waals surface area contributed by atoms with Gasteiger partial charge in [-0.15, -0.1) is 0 Å². The lowest BCUT2D eigenvalue weighted by Crippen LogP contribution is -2.18. The molecule has 9 heteroatoms. The molecule has 0 fully saturated rings. The molecule has 0 atom stereocenters. The minimum atomic E-state index is -3.31. The second-order valence-electron chi connectivity index (χ2n) is 5.38. The number of primary amides is 1. The van der Waals surface area contributed by atoms with E-state index in [1.54, 1.807) is 26.0 Å². The third-order valence-corrected chi connectivity index (χ3v) is 5.83. The Balaban J connectivity index is 2.45. The minimum absolute atomic E-state index is 0.0198. The van der Waals surface area contributed by atoms with Gasteiger partial charge in [0.1, 0.15) is 0 Å². The number of benzene rings is 1. The quantitative estimate of drug-likeness (QED) is 0.793. The molecule has 0 aliphatic rings. The lowest BCUT2D eigenvalue weighted by molar-refractivity contribution is 0.0996. The van der Waals surface area contributed by atoms with Gasteiger partial charge in [-0.1, -0.05) is 25.4 Å². The maximum absolute atomic E-state index is 12.0. The van der Waals surface area contributed by atoms with Crippen molar-refractivity contribution in [2.75, 3.05) is 11.1 Å². The molecule has 3 N–H and O–H groups in total. The summed E-state index contributed by atoms with van der Waals surface area (Å²) in [6, 6.07) is 4.75. The van der Waals surface area contributed by atoms with Crippen LogP contribution in [0.3, 0.4) is 0 Å². The second-order valence-corrected chi connectivity index (χ2v) is 7.99. The number of anilines is 2. The Morgan fingerprint density at radius 3 is 2.48 bits per heavy atom. The average molecular weight is 383 g/mol. The van der Waals surface area contributed by atoms with Crippen LogP contribution in [-0.2, 0) is 16.3 Å². The second kappa shape index (κ2) is 7.37. The normalized spacial score (nSPS) is 11.4. The number of sulfone groups is 1. The van der Waals surface area contributed by atoms with Crippen molar-refractivity contribution in [3.8, 4) is 0 Å². The number of carbonyl (C=O) groups excluding carboxylic acids is 1. The maximum atomic E-state index is 12.0. The van der Waals surface area contributed by atoms with Crippen LogP contribution in [0.2, 0.25) is 5.15 Å². The molecule has 0 radical (unpaired) electrons. The maximum Gasteiger partial charge on any atom is 0.271 e. The van der Waals surface area contributed by atoms with Gasteiger partial charge in [0, 0.05) is 5.69 Å². The van der Waals surface area contributed by atoms with Crippen LogP contribution in [0.4, 0.5) is 11.5 Å². The molecule has 1 heterocycles. The molecule has 1 aromatic carbocycles. The average Bonchev–Trinajstić information content (AvgIpc) is 2.54. The van der Waals surface area contributed by atoms with Crippen LogP contribution < -0.4 is 11.1 Å². The molecule has 0 unspecified atom stereocenters. The van der Waals surface area contributed by atoms with Crippen LogP contribution in [0.15, 0.2) is 23.1 Å². The number of rotatable bonds is 6. The molecule has 0 aliphatic heterocycles. The molecule has 0 spiro atoms. The molecule has 1 amide bonds. The molecule has 0 saturated carbocycles. The number of hydrogen-bond donors (Lipinski definition) is 2. The van der Waals surface area contributed by atoms with Gasteiger partial charge in [-0.2, -0.15) is 0 Å². The van der Waals surface area contributed by atoms with Crippen LogP contribution in [0.25, 0.3) is 0 Å². The first kappa shape index (κ1) is 19.1. The Labute approximate surface area is 151 Å². The van der Waals surface area contributed by atoms with E-state index in [0.717, 1.165) is 0 Å². The van der Waals surface area contributed by atoms with Crippen molar-refractivity contribution >= 4 is 38.9 Å². The SMILES string of the molecule is CCc1nc(C(N)=O)c(Nc2ccc(S(=O)(=O)CC)c(C)c2)nc1Cl. The Bertz CT molecular complexity index is 929. The van der Waals surface area contributed by atoms with Gasteiger partial charge in [0.2, 0.25) is 0 Å². The Morgan fingerprint density at radius 2 is 1.96 bits per heavy atom. The molecule has 7 nitrogen and oxygen atoms in total. The number of nitrogens with zero attached hydrogens (tertiary/aromatic N) is 2. The van der Waals surface area contributed by atoms with Crippen LogP contribution in [0, 0.1) is 6.92 Å². The standard InChI is InChI=1S/C16H19ClN4O3S/c1-4-11-14(17)21-16(13(20-11)15(18)22)19-10-6-7-12(9(3)8-10)25(23,24)5-2/h6-8H,4-5H2,1-3H3,(H2,18,22)(H,19,21). The van der Waals surface area contributed by atoms with Gasteiger partial charge in [0.05, 0.1) is 16.3 Å². The molecular weight excluding hydrogens is 364 g/mol. The fourth-order valence-electron chi connectivity index (χ4n) is 2.30. The zero-order valence-corrected chi connectivity index (χ0v) is 15.7. The summed E-state index contributed by atoms with van der Waals surface area (Å²) >= 11 is 6.06. The summed E-state index contributed by atoms with van der Waals surface area (Å²) in [6.07, 6.45) is 0.509. The van der Waals surface area contributed by atoms with Crippen LogP contribution in [0.1, 0.15) is 35.6 Å². The monoisotopic (exact) mass is 382 g/mol. The number of nitrogens with two attached hydrogens (primary N) is 1. The van der Waals surface area contributed by atoms with Gasteiger partial charge < -0.3 is 11.1 Å². The van der Waals surface area contributed by atoms with Crippen molar-refractivity contribution in [1.82, 2.24) is 9.97 Å². The number of carbonyl (C=O) groups is 1. The van der Waals surface area contributed by atoms with E-state index in [-0.39, 0.29) is 27.3 Å². The summed E-state index contributed by atoms with van der Waals surface area (Å²) in [4.78, 5) is 20.2. The van der Waals surface area contributed by atoms with Gasteiger partial charge >= 0.3 is 0 Å². The molecule has 25 heavy (non-hydrogen) atoms. The smallest absolute Gasteiger partial charge is 0.271 e. The molecule has 2 rings (SSSR count). The highest BCUT2D eigenvalue weighted by atomic mass is 35.5. The molecule has 0 aliphatic carbocycles. The van der Waals surface area contributed by atoms with Crippen molar-refractivity contribution in [3.63, 3.8) is 0 Å². The van der Waals surface area contributed by atoms with E-state index in [1.165, 1.54) is 6.07 Å². The molecule has 0 saturated heterocycles. The molecular formula is C16H19ClN4O3S. The van der Waals surface area contributed by atoms with Crippen LogP contribution >= 0.6 is 11.6 Å². The van der Waals surface area contributed by atoms with Crippen LogP contribution in [-0.4, -0.2) is 30.0 Å². The predicted octanol–water partition coefficient (Wildman–Crippen LogP) is 2.64. The number of aromatic nitrogens is 2. The van der Waals surface area contributed by atoms with Crippen molar-refractivity contribution in [1.29, 1.82) is 0 Å². The molecule has 1 aromatic heterocycles. The number of amides is 1. The summed E-state index contributed by atoms with van der Waals surface area (Å²) in [5.41, 5.74) is 6.94. The zero-order valence-electron chi connectivity index (χ0n) is 14.1. The Hall–Kier alpha value is -2.19. The van der Waals surface area contributed by atoms with E-state index in [0.29, 0.717) is 23.4 Å². The van der Waals surface area contributed by atoms with Crippen molar-refractivity contribution in [2.45, 2.75) is 32.1 Å². The van der Waals surface area contributed by atoms with Crippen LogP contribution in [0.5, 0.6) is 0 Å². The molecule has 0 bridgehead atoms. The third-order valence-electron chi connectivity index (χ3n) is 3.64. The largest absolute Gasteiger partial charge is 0.364 e. The van der Waals surface area contributed by atoms with E-state index in [1.807, 2.05) is 6.92 Å². The number of nitrogens with one attached hydrogen (secondary N) is 1. The van der Waals surface area contributed by atoms with Gasteiger partial charge in [-0.25, -0.2) is 18.4 Å². The number of halogens is 1. The highest BCUT2D eigenvalue weighted by Crippen LogP contribution is 2.25. The summed E-state index contributed by atoms with van der Waals surface area (Å²) < 4.78 is 24.1. The van der Waals surface area contributed by atoms with E-state index < -0.39 is 15.7 Å². The van der Waals surface area contributed by atoms with Gasteiger partial charge in [-0.05, 0) is 37.1 Å². The third kappa shape index (κ3) is 4.08. The topological polar surface area (TPSA) is 115 Å². The van der Waals surface area contributed by atoms with Gasteiger partial charge in [-0.3, -0.25) is 4.79 Å². The molecule has 2 aromatic rings. The van der Waals surface area contributed by atoms with E-state index in [4.69, 9.17) is 17.3 Å². The van der Waals surface area contributed by atoms with Crippen molar-refractivity contribution < 1.29 is 13.2 Å². The highest BCUT2D eigenvalue weighted by molar-refractivity contribution is 7.91. The first-order chi connectivity index (χ1) is 11.7. The zero-order chi connectivity index (χ0) is 18.8. The summed E-state index contributed by atoms with van der Waals surface area (Å²) in [6.45, 7) is 5.12. The minimum Gasteiger partial charge on any atom is -0.364 e. The Morgan fingerprint density at radius 1 is 1.28 bits per heavy atom. The van der Waals surface area contributed by atoms with E-state index >= 15 is 0 Å². The highest BCUT2D eigenvalue weighted by Gasteiger charge is 2.18. The molecule has 134 valence electrons. The fraction of sp³-hybridized carbons (Fsp3) is 0.312. The van der Waals surface area contributed by atoms with Gasteiger partial charge in [0.25, 0.3) is 5.91 Å². The first-order valence-corrected chi connectivity index (χ1v) is 9.69. The lowest BCUT2D eigenvalue weighted by Gasteiger charge is -2.13. The Kier molecular flexibility index (Phi) is 5.64. The summed E-state index contributed by atoms with van der Waals surface area (Å²) in [7, 11) is -3.31. The van der Waals surface area contributed by atoms with Crippen molar-refractivity contribution in [3.05, 3.63) is 40.3 Å². The number of aryl methyl sites for hydroxylation is 2. The van der Waals surface area contributed by atoms with Crippen molar-refractivity contribution in [2.24, 2.45) is 5.73 Å². The van der Waals surface area contributed by atoms with E-state index in [9.17, 15) is 13.2 Å².